The van der Waals surface area contributed by atoms with Crippen LogP contribution in [0.1, 0.15) is 39.0 Å². The highest BCUT2D eigenvalue weighted by molar-refractivity contribution is 7.92. The van der Waals surface area contributed by atoms with Crippen LogP contribution in [0.3, 0.4) is 0 Å². The molecule has 4 heteroatoms. The molecule has 1 fully saturated rings. The molecule has 3 nitrogen and oxygen atoms in total. The second-order valence-corrected chi connectivity index (χ2v) is 6.22. The molecule has 1 unspecified atom stereocenters. The van der Waals surface area contributed by atoms with Crippen molar-refractivity contribution in [1.29, 1.82) is 0 Å². The first-order valence-electron chi connectivity index (χ1n) is 4.96. The van der Waals surface area contributed by atoms with E-state index < -0.39 is 15.1 Å². The number of sulfone groups is 1. The van der Waals surface area contributed by atoms with E-state index in [0.29, 0.717) is 6.42 Å². The van der Waals surface area contributed by atoms with Gasteiger partial charge < -0.3 is 5.11 Å². The summed E-state index contributed by atoms with van der Waals surface area (Å²) in [6, 6.07) is 0. The topological polar surface area (TPSA) is 54.4 Å². The van der Waals surface area contributed by atoms with E-state index >= 15 is 0 Å². The van der Waals surface area contributed by atoms with Crippen molar-refractivity contribution in [3.8, 4) is 0 Å². The maximum Gasteiger partial charge on any atom is 0.158 e. The maximum absolute atomic E-state index is 11.8. The van der Waals surface area contributed by atoms with E-state index in [1.807, 2.05) is 6.92 Å². The number of aliphatic hydroxyl groups is 1. The molecule has 0 spiro atoms. The van der Waals surface area contributed by atoms with Gasteiger partial charge in [-0.2, -0.15) is 0 Å². The average molecular weight is 206 g/mol. The van der Waals surface area contributed by atoms with Gasteiger partial charge in [0.2, 0.25) is 0 Å². The second kappa shape index (κ2) is 4.42. The molecule has 13 heavy (non-hydrogen) atoms. The van der Waals surface area contributed by atoms with Gasteiger partial charge in [-0.3, -0.25) is 0 Å². The standard InChI is InChI=1S/C9H18O3S/c1-2-8(7-10)13(11,12)9-5-3-4-6-9/h8-10H,2-7H2,1H3. The lowest BCUT2D eigenvalue weighted by Crippen LogP contribution is -2.32. The first kappa shape index (κ1) is 11.0. The van der Waals surface area contributed by atoms with E-state index in [1.54, 1.807) is 0 Å². The van der Waals surface area contributed by atoms with Gasteiger partial charge in [-0.25, -0.2) is 8.42 Å². The molecule has 1 N–H and O–H groups in total. The number of aliphatic hydroxyl groups excluding tert-OH is 1. The summed E-state index contributed by atoms with van der Waals surface area (Å²) < 4.78 is 23.7. The minimum atomic E-state index is -3.05. The van der Waals surface area contributed by atoms with Crippen molar-refractivity contribution in [3.63, 3.8) is 0 Å². The minimum absolute atomic E-state index is 0.176. The van der Waals surface area contributed by atoms with Crippen molar-refractivity contribution in [1.82, 2.24) is 0 Å². The summed E-state index contributed by atoms with van der Waals surface area (Å²) in [4.78, 5) is 0. The summed E-state index contributed by atoms with van der Waals surface area (Å²) in [5.41, 5.74) is 0. The Morgan fingerprint density at radius 1 is 1.38 bits per heavy atom. The Bertz CT molecular complexity index is 228. The molecule has 0 amide bonds. The lowest BCUT2D eigenvalue weighted by atomic mass is 10.3. The van der Waals surface area contributed by atoms with Gasteiger partial charge >= 0.3 is 0 Å². The van der Waals surface area contributed by atoms with Gasteiger partial charge in [0.25, 0.3) is 0 Å². The van der Waals surface area contributed by atoms with Gasteiger partial charge in [0, 0.05) is 0 Å². The number of hydrogen-bond acceptors (Lipinski definition) is 3. The van der Waals surface area contributed by atoms with Crippen LogP contribution in [-0.4, -0.2) is 30.6 Å². The van der Waals surface area contributed by atoms with E-state index in [4.69, 9.17) is 5.11 Å². The minimum Gasteiger partial charge on any atom is -0.395 e. The summed E-state index contributed by atoms with van der Waals surface area (Å²) in [5, 5.41) is 8.23. The Hall–Kier alpha value is -0.0900. The van der Waals surface area contributed by atoms with E-state index in [0.717, 1.165) is 25.7 Å². The van der Waals surface area contributed by atoms with Gasteiger partial charge in [-0.15, -0.1) is 0 Å². The van der Waals surface area contributed by atoms with Crippen LogP contribution in [0.5, 0.6) is 0 Å². The smallest absolute Gasteiger partial charge is 0.158 e. The molecule has 0 radical (unpaired) electrons. The molecule has 1 atom stereocenters. The molecule has 0 aromatic heterocycles. The molecule has 78 valence electrons. The quantitative estimate of drug-likeness (QED) is 0.749. The normalized spacial score (nSPS) is 22.0. The fraction of sp³-hybridized carbons (Fsp3) is 1.00. The lowest BCUT2D eigenvalue weighted by molar-refractivity contribution is 0.287. The Kier molecular flexibility index (Phi) is 3.74. The lowest BCUT2D eigenvalue weighted by Gasteiger charge is -2.17. The predicted molar refractivity (Wildman–Crippen MR) is 52.3 cm³/mol. The zero-order valence-electron chi connectivity index (χ0n) is 8.07. The molecular weight excluding hydrogens is 188 g/mol. The zero-order chi connectivity index (χ0) is 9.90. The van der Waals surface area contributed by atoms with E-state index in [1.165, 1.54) is 0 Å². The van der Waals surface area contributed by atoms with Crippen molar-refractivity contribution < 1.29 is 13.5 Å². The molecule has 0 aliphatic heterocycles. The molecule has 0 heterocycles. The predicted octanol–water partition coefficient (Wildman–Crippen LogP) is 1.11. The van der Waals surface area contributed by atoms with Crippen LogP contribution in [-0.2, 0) is 9.84 Å². The fourth-order valence-electron chi connectivity index (χ4n) is 1.95. The van der Waals surface area contributed by atoms with Crippen LogP contribution in [0.2, 0.25) is 0 Å². The van der Waals surface area contributed by atoms with Gasteiger partial charge in [-0.05, 0) is 19.3 Å². The van der Waals surface area contributed by atoms with Gasteiger partial charge in [0.1, 0.15) is 0 Å². The first-order valence-corrected chi connectivity index (χ1v) is 6.57. The largest absolute Gasteiger partial charge is 0.395 e. The van der Waals surface area contributed by atoms with Crippen molar-refractivity contribution in [3.05, 3.63) is 0 Å². The van der Waals surface area contributed by atoms with Crippen molar-refractivity contribution in [2.24, 2.45) is 0 Å². The van der Waals surface area contributed by atoms with E-state index in [2.05, 4.69) is 0 Å². The maximum atomic E-state index is 11.8. The highest BCUT2D eigenvalue weighted by Crippen LogP contribution is 2.28. The summed E-state index contributed by atoms with van der Waals surface area (Å²) in [5.74, 6) is 0. The number of rotatable bonds is 4. The van der Waals surface area contributed by atoms with Crippen LogP contribution in [0.25, 0.3) is 0 Å². The Morgan fingerprint density at radius 3 is 2.31 bits per heavy atom. The third-order valence-corrected chi connectivity index (χ3v) is 5.70. The Balaban J connectivity index is 2.73. The van der Waals surface area contributed by atoms with Crippen LogP contribution < -0.4 is 0 Å². The van der Waals surface area contributed by atoms with E-state index in [9.17, 15) is 8.42 Å². The SMILES string of the molecule is CCC(CO)S(=O)(=O)C1CCCC1. The van der Waals surface area contributed by atoms with Crippen LogP contribution in [0, 0.1) is 0 Å². The molecule has 0 aromatic rings. The molecule has 1 aliphatic rings. The Labute approximate surface area is 80.1 Å². The highest BCUT2D eigenvalue weighted by Gasteiger charge is 2.34. The van der Waals surface area contributed by atoms with Gasteiger partial charge in [0.05, 0.1) is 17.1 Å². The van der Waals surface area contributed by atoms with Gasteiger partial charge in [0.15, 0.2) is 9.84 Å². The van der Waals surface area contributed by atoms with Crippen molar-refractivity contribution >= 4 is 9.84 Å². The molecule has 0 saturated heterocycles. The Morgan fingerprint density at radius 2 is 1.92 bits per heavy atom. The summed E-state index contributed by atoms with van der Waals surface area (Å²) in [6.45, 7) is 1.59. The number of hydrogen-bond donors (Lipinski definition) is 1. The fourth-order valence-corrected chi connectivity index (χ4v) is 4.16. The van der Waals surface area contributed by atoms with Crippen molar-refractivity contribution in [2.45, 2.75) is 49.5 Å². The van der Waals surface area contributed by atoms with Crippen LogP contribution in [0.15, 0.2) is 0 Å². The molecule has 1 rings (SSSR count). The van der Waals surface area contributed by atoms with Crippen molar-refractivity contribution in [2.75, 3.05) is 6.61 Å². The van der Waals surface area contributed by atoms with E-state index in [-0.39, 0.29) is 11.9 Å². The molecular formula is C9H18O3S. The average Bonchev–Trinajstić information content (AvgIpc) is 2.58. The van der Waals surface area contributed by atoms with Crippen LogP contribution in [0.4, 0.5) is 0 Å². The summed E-state index contributed by atoms with van der Waals surface area (Å²) in [6.07, 6.45) is 4.14. The first-order chi connectivity index (χ1) is 6.12. The summed E-state index contributed by atoms with van der Waals surface area (Å²) >= 11 is 0. The molecule has 1 saturated carbocycles. The molecule has 0 bridgehead atoms. The summed E-state index contributed by atoms with van der Waals surface area (Å²) in [7, 11) is -3.05. The second-order valence-electron chi connectivity index (χ2n) is 3.71. The zero-order valence-corrected chi connectivity index (χ0v) is 8.89. The molecule has 0 aromatic carbocycles. The van der Waals surface area contributed by atoms with Gasteiger partial charge in [-0.1, -0.05) is 19.8 Å². The molecule has 1 aliphatic carbocycles. The third-order valence-electron chi connectivity index (χ3n) is 2.89. The highest BCUT2D eigenvalue weighted by atomic mass is 32.2. The monoisotopic (exact) mass is 206 g/mol. The van der Waals surface area contributed by atoms with Crippen LogP contribution >= 0.6 is 0 Å². The third kappa shape index (κ3) is 2.23.